The second-order valence-electron chi connectivity index (χ2n) is 10.2. The molecule has 0 spiro atoms. The van der Waals surface area contributed by atoms with E-state index in [0.29, 0.717) is 19.0 Å². The van der Waals surface area contributed by atoms with Gasteiger partial charge in [0, 0.05) is 25.3 Å². The number of anilines is 1. The quantitative estimate of drug-likeness (QED) is 0.513. The van der Waals surface area contributed by atoms with Crippen molar-refractivity contribution >= 4 is 11.7 Å². The van der Waals surface area contributed by atoms with Gasteiger partial charge in [0.1, 0.15) is 0 Å². The second kappa shape index (κ2) is 10.9. The number of benzene rings is 2. The first-order chi connectivity index (χ1) is 15.2. The van der Waals surface area contributed by atoms with Gasteiger partial charge in [-0.05, 0) is 67.4 Å². The molecule has 3 rings (SSSR count). The molecule has 1 heterocycles. The van der Waals surface area contributed by atoms with Crippen molar-refractivity contribution < 1.29 is 4.79 Å². The zero-order valence-electron chi connectivity index (χ0n) is 20.4. The van der Waals surface area contributed by atoms with Gasteiger partial charge in [0.2, 0.25) is 0 Å². The Morgan fingerprint density at radius 2 is 1.78 bits per heavy atom. The van der Waals surface area contributed by atoms with Crippen LogP contribution in [0.5, 0.6) is 0 Å². The molecule has 3 N–H and O–H groups in total. The summed E-state index contributed by atoms with van der Waals surface area (Å²) >= 11 is 0. The highest BCUT2D eigenvalue weighted by atomic mass is 16.2. The first kappa shape index (κ1) is 24.1. The lowest BCUT2D eigenvalue weighted by molar-refractivity contribution is 0.239. The molecule has 2 aromatic carbocycles. The van der Waals surface area contributed by atoms with Crippen LogP contribution in [0, 0.1) is 5.92 Å². The molecule has 0 saturated carbocycles. The molecule has 0 saturated heterocycles. The number of urea groups is 1. The maximum atomic E-state index is 12.0. The predicted octanol–water partition coefficient (Wildman–Crippen LogP) is 4.95. The molecule has 2 atom stereocenters. The van der Waals surface area contributed by atoms with Crippen LogP contribution in [0.15, 0.2) is 48.5 Å². The molecule has 0 unspecified atom stereocenters. The number of rotatable bonds is 8. The van der Waals surface area contributed by atoms with Crippen LogP contribution < -0.4 is 16.0 Å². The lowest BCUT2D eigenvalue weighted by atomic mass is 9.78. The standard InChI is InChI=1S/C27H40N4O/c1-27(2,3)23-13-14-24-22(19-23)18-21(25(30-24)20-10-7-6-8-11-20)12-9-15-28-26(32)29-16-17-31(4)5/h6-8,10-11,13-14,19,21,25,30H,9,12,15-18H2,1-5H3,(H2,28,29,32)/t21-,25+/m1/s1. The van der Waals surface area contributed by atoms with Crippen LogP contribution in [-0.2, 0) is 11.8 Å². The van der Waals surface area contributed by atoms with Gasteiger partial charge >= 0.3 is 6.03 Å². The number of carbonyl (C=O) groups is 1. The van der Waals surface area contributed by atoms with E-state index in [9.17, 15) is 4.79 Å². The van der Waals surface area contributed by atoms with Gasteiger partial charge in [0.15, 0.2) is 0 Å². The number of amides is 2. The fourth-order valence-electron chi connectivity index (χ4n) is 4.36. The van der Waals surface area contributed by atoms with E-state index in [1.165, 1.54) is 22.4 Å². The lowest BCUT2D eigenvalue weighted by Gasteiger charge is -2.36. The summed E-state index contributed by atoms with van der Waals surface area (Å²) in [7, 11) is 4.01. The Kier molecular flexibility index (Phi) is 8.19. The number of carbonyl (C=O) groups excluding carboxylic acids is 1. The van der Waals surface area contributed by atoms with Crippen molar-refractivity contribution in [2.24, 2.45) is 5.92 Å². The lowest BCUT2D eigenvalue weighted by Crippen LogP contribution is -2.39. The van der Waals surface area contributed by atoms with Crippen LogP contribution in [0.4, 0.5) is 10.5 Å². The maximum Gasteiger partial charge on any atom is 0.314 e. The average molecular weight is 437 g/mol. The van der Waals surface area contributed by atoms with Gasteiger partial charge in [-0.25, -0.2) is 4.79 Å². The van der Waals surface area contributed by atoms with Crippen LogP contribution in [0.3, 0.4) is 0 Å². The average Bonchev–Trinajstić information content (AvgIpc) is 2.75. The highest BCUT2D eigenvalue weighted by molar-refractivity contribution is 5.73. The summed E-state index contributed by atoms with van der Waals surface area (Å²) < 4.78 is 0. The Hall–Kier alpha value is -2.53. The molecule has 2 amide bonds. The fraction of sp³-hybridized carbons (Fsp3) is 0.519. The summed E-state index contributed by atoms with van der Waals surface area (Å²) in [6.45, 7) is 9.00. The van der Waals surface area contributed by atoms with Crippen LogP contribution in [0.25, 0.3) is 0 Å². The van der Waals surface area contributed by atoms with Gasteiger partial charge in [0.25, 0.3) is 0 Å². The summed E-state index contributed by atoms with van der Waals surface area (Å²) in [4.78, 5) is 14.1. The third kappa shape index (κ3) is 6.73. The van der Waals surface area contributed by atoms with Gasteiger partial charge in [-0.2, -0.15) is 0 Å². The van der Waals surface area contributed by atoms with Crippen LogP contribution in [-0.4, -0.2) is 44.7 Å². The molecule has 0 radical (unpaired) electrons. The Morgan fingerprint density at radius 3 is 2.47 bits per heavy atom. The van der Waals surface area contributed by atoms with E-state index in [1.54, 1.807) is 0 Å². The molecule has 1 aliphatic rings. The number of hydrogen-bond acceptors (Lipinski definition) is 3. The van der Waals surface area contributed by atoms with Gasteiger partial charge in [0.05, 0.1) is 6.04 Å². The summed E-state index contributed by atoms with van der Waals surface area (Å²) in [5.41, 5.74) is 5.51. The Labute approximate surface area is 194 Å². The first-order valence-corrected chi connectivity index (χ1v) is 11.9. The van der Waals surface area contributed by atoms with Crippen LogP contribution >= 0.6 is 0 Å². The Balaban J connectivity index is 1.63. The van der Waals surface area contributed by atoms with Gasteiger partial charge in [-0.1, -0.05) is 63.2 Å². The van der Waals surface area contributed by atoms with Gasteiger partial charge in [-0.15, -0.1) is 0 Å². The van der Waals surface area contributed by atoms with E-state index >= 15 is 0 Å². The van der Waals surface area contributed by atoms with Crippen molar-refractivity contribution in [3.63, 3.8) is 0 Å². The molecule has 0 aromatic heterocycles. The number of nitrogens with one attached hydrogen (secondary N) is 3. The van der Waals surface area contributed by atoms with Crippen molar-refractivity contribution in [2.75, 3.05) is 39.0 Å². The van der Waals surface area contributed by atoms with E-state index < -0.39 is 0 Å². The highest BCUT2D eigenvalue weighted by Gasteiger charge is 2.29. The monoisotopic (exact) mass is 436 g/mol. The molecule has 0 bridgehead atoms. The molecule has 5 heteroatoms. The van der Waals surface area contributed by atoms with E-state index in [-0.39, 0.29) is 17.5 Å². The number of fused-ring (bicyclic) bond motifs is 1. The number of nitrogens with zero attached hydrogens (tertiary/aromatic N) is 1. The molecule has 2 aromatic rings. The summed E-state index contributed by atoms with van der Waals surface area (Å²) in [5.74, 6) is 0.485. The molecule has 1 aliphatic heterocycles. The highest BCUT2D eigenvalue weighted by Crippen LogP contribution is 2.40. The van der Waals surface area contributed by atoms with Crippen LogP contribution in [0.2, 0.25) is 0 Å². The minimum Gasteiger partial charge on any atom is -0.378 e. The summed E-state index contributed by atoms with van der Waals surface area (Å²) in [6.07, 6.45) is 3.08. The van der Waals surface area contributed by atoms with Crippen molar-refractivity contribution in [1.29, 1.82) is 0 Å². The topological polar surface area (TPSA) is 56.4 Å². The van der Waals surface area contributed by atoms with E-state index in [2.05, 4.69) is 90.2 Å². The number of likely N-dealkylation sites (N-methyl/N-ethyl adjacent to an activating group) is 1. The maximum absolute atomic E-state index is 12.0. The third-order valence-electron chi connectivity index (χ3n) is 6.28. The van der Waals surface area contributed by atoms with E-state index in [1.807, 2.05) is 14.1 Å². The van der Waals surface area contributed by atoms with Crippen molar-refractivity contribution in [1.82, 2.24) is 15.5 Å². The summed E-state index contributed by atoms with van der Waals surface area (Å²) in [6, 6.07) is 17.8. The normalized spacial score (nSPS) is 18.1. The molecular formula is C27H40N4O. The van der Waals surface area contributed by atoms with E-state index in [0.717, 1.165) is 25.8 Å². The minimum absolute atomic E-state index is 0.0756. The predicted molar refractivity (Wildman–Crippen MR) is 134 cm³/mol. The third-order valence-corrected chi connectivity index (χ3v) is 6.28. The first-order valence-electron chi connectivity index (χ1n) is 11.9. The fourth-order valence-corrected chi connectivity index (χ4v) is 4.36. The zero-order valence-corrected chi connectivity index (χ0v) is 20.4. The number of hydrogen-bond donors (Lipinski definition) is 3. The van der Waals surface area contributed by atoms with E-state index in [4.69, 9.17) is 0 Å². The SMILES string of the molecule is CN(C)CCNC(=O)NCCC[C@@H]1Cc2cc(C(C)(C)C)ccc2N[C@H]1c1ccccc1. The van der Waals surface area contributed by atoms with Gasteiger partial charge in [-0.3, -0.25) is 0 Å². The second-order valence-corrected chi connectivity index (χ2v) is 10.2. The minimum atomic E-state index is -0.0756. The van der Waals surface area contributed by atoms with Crippen molar-refractivity contribution in [3.05, 3.63) is 65.2 Å². The Bertz CT molecular complexity index is 873. The Morgan fingerprint density at radius 1 is 1.06 bits per heavy atom. The molecule has 32 heavy (non-hydrogen) atoms. The molecule has 0 aliphatic carbocycles. The smallest absolute Gasteiger partial charge is 0.314 e. The van der Waals surface area contributed by atoms with Gasteiger partial charge < -0.3 is 20.9 Å². The molecule has 0 fully saturated rings. The van der Waals surface area contributed by atoms with Crippen molar-refractivity contribution in [2.45, 2.75) is 51.5 Å². The van der Waals surface area contributed by atoms with Crippen LogP contribution in [0.1, 0.15) is 56.3 Å². The largest absolute Gasteiger partial charge is 0.378 e. The zero-order chi connectivity index (χ0) is 23.1. The molecule has 5 nitrogen and oxygen atoms in total. The summed E-state index contributed by atoms with van der Waals surface area (Å²) in [5, 5.41) is 9.75. The molecular weight excluding hydrogens is 396 g/mol. The molecule has 174 valence electrons. The van der Waals surface area contributed by atoms with Crippen molar-refractivity contribution in [3.8, 4) is 0 Å².